The van der Waals surface area contributed by atoms with Crippen molar-refractivity contribution in [1.82, 2.24) is 5.16 Å². The van der Waals surface area contributed by atoms with Crippen LogP contribution in [0.3, 0.4) is 0 Å². The summed E-state index contributed by atoms with van der Waals surface area (Å²) in [5.74, 6) is -0.244. The Kier molecular flexibility index (Phi) is 2.93. The molecule has 0 saturated heterocycles. The zero-order valence-corrected chi connectivity index (χ0v) is 12.5. The van der Waals surface area contributed by atoms with E-state index in [0.29, 0.717) is 23.6 Å². The molecule has 0 bridgehead atoms. The van der Waals surface area contributed by atoms with E-state index in [2.05, 4.69) is 5.16 Å². The Morgan fingerprint density at radius 3 is 2.38 bits per heavy atom. The highest BCUT2D eigenvalue weighted by Crippen LogP contribution is 2.36. The van der Waals surface area contributed by atoms with Gasteiger partial charge in [0, 0.05) is 5.56 Å². The van der Waals surface area contributed by atoms with Crippen molar-refractivity contribution in [3.05, 3.63) is 45.8 Å². The number of carbonyl (C=O) groups excluding carboxylic acids is 2. The zero-order chi connectivity index (χ0) is 15.3. The topological polar surface area (TPSA) is 63.4 Å². The van der Waals surface area contributed by atoms with Crippen LogP contribution in [0.4, 0.5) is 5.69 Å². The van der Waals surface area contributed by atoms with Gasteiger partial charge in [0.05, 0.1) is 23.5 Å². The highest BCUT2D eigenvalue weighted by molar-refractivity contribution is 6.52. The molecule has 0 radical (unpaired) electrons. The molecule has 0 fully saturated rings. The third-order valence-corrected chi connectivity index (χ3v) is 4.02. The minimum Gasteiger partial charge on any atom is -0.361 e. The van der Waals surface area contributed by atoms with E-state index in [1.54, 1.807) is 0 Å². The van der Waals surface area contributed by atoms with Gasteiger partial charge in [0.25, 0.3) is 11.7 Å². The van der Waals surface area contributed by atoms with Crippen LogP contribution in [0, 0.1) is 27.7 Å². The summed E-state index contributed by atoms with van der Waals surface area (Å²) in [4.78, 5) is 26.1. The summed E-state index contributed by atoms with van der Waals surface area (Å²) < 4.78 is 5.14. The number of anilines is 1. The number of aromatic nitrogens is 1. The molecule has 5 nitrogen and oxygen atoms in total. The van der Waals surface area contributed by atoms with Gasteiger partial charge in [-0.3, -0.25) is 14.5 Å². The molecule has 0 saturated carbocycles. The molecular formula is C16H16N2O3. The van der Waals surface area contributed by atoms with Crippen molar-refractivity contribution in [2.45, 2.75) is 34.2 Å². The average molecular weight is 284 g/mol. The Bertz CT molecular complexity index is 755. The van der Waals surface area contributed by atoms with Crippen molar-refractivity contribution < 1.29 is 14.1 Å². The molecule has 21 heavy (non-hydrogen) atoms. The van der Waals surface area contributed by atoms with Crippen LogP contribution in [0.1, 0.15) is 38.5 Å². The Labute approximate surface area is 122 Å². The smallest absolute Gasteiger partial charge is 0.299 e. The van der Waals surface area contributed by atoms with Crippen molar-refractivity contribution in [2.75, 3.05) is 4.90 Å². The van der Waals surface area contributed by atoms with E-state index in [9.17, 15) is 9.59 Å². The molecule has 2 heterocycles. The van der Waals surface area contributed by atoms with Crippen LogP contribution in [0.5, 0.6) is 0 Å². The second-order valence-corrected chi connectivity index (χ2v) is 5.45. The van der Waals surface area contributed by atoms with Crippen molar-refractivity contribution in [1.29, 1.82) is 0 Å². The van der Waals surface area contributed by atoms with Gasteiger partial charge in [-0.15, -0.1) is 0 Å². The molecule has 2 aromatic rings. The molecule has 0 spiro atoms. The molecule has 0 aliphatic carbocycles. The standard InChI is InChI=1S/C16H16N2O3/c1-8-5-6-9(2)14-13(8)15(19)16(20)18(14)7-12-10(3)17-21-11(12)4/h5-6H,7H2,1-4H3. The van der Waals surface area contributed by atoms with E-state index in [-0.39, 0.29) is 0 Å². The van der Waals surface area contributed by atoms with Crippen molar-refractivity contribution in [2.24, 2.45) is 0 Å². The van der Waals surface area contributed by atoms with Gasteiger partial charge in [-0.1, -0.05) is 17.3 Å². The lowest BCUT2D eigenvalue weighted by Gasteiger charge is -2.18. The largest absolute Gasteiger partial charge is 0.361 e. The predicted octanol–water partition coefficient (Wildman–Crippen LogP) is 2.64. The lowest BCUT2D eigenvalue weighted by molar-refractivity contribution is -0.114. The Morgan fingerprint density at radius 1 is 1.10 bits per heavy atom. The third kappa shape index (κ3) is 1.88. The quantitative estimate of drug-likeness (QED) is 0.795. The number of rotatable bonds is 2. The second-order valence-electron chi connectivity index (χ2n) is 5.45. The highest BCUT2D eigenvalue weighted by Gasteiger charge is 2.38. The first kappa shape index (κ1) is 13.5. The average Bonchev–Trinajstić information content (AvgIpc) is 2.89. The molecule has 0 N–H and O–H groups in total. The Morgan fingerprint density at radius 2 is 1.76 bits per heavy atom. The molecular weight excluding hydrogens is 268 g/mol. The van der Waals surface area contributed by atoms with Gasteiger partial charge in [-0.2, -0.15) is 0 Å². The molecule has 5 heteroatoms. The minimum absolute atomic E-state index is 0.309. The molecule has 1 aliphatic rings. The predicted molar refractivity (Wildman–Crippen MR) is 77.4 cm³/mol. The van der Waals surface area contributed by atoms with Gasteiger partial charge in [0.2, 0.25) is 0 Å². The van der Waals surface area contributed by atoms with Gasteiger partial charge < -0.3 is 4.52 Å². The number of Topliss-reactive ketones (excluding diaryl/α,β-unsaturated/α-hetero) is 1. The summed E-state index contributed by atoms with van der Waals surface area (Å²) >= 11 is 0. The number of nitrogens with zero attached hydrogens (tertiary/aromatic N) is 2. The first-order chi connectivity index (χ1) is 9.91. The maximum atomic E-state index is 12.3. The molecule has 3 rings (SSSR count). The van der Waals surface area contributed by atoms with Gasteiger partial charge in [0.1, 0.15) is 5.76 Å². The minimum atomic E-state index is -0.484. The van der Waals surface area contributed by atoms with Gasteiger partial charge in [-0.25, -0.2) is 0 Å². The summed E-state index contributed by atoms with van der Waals surface area (Å²) in [5, 5.41) is 3.90. The number of ketones is 1. The SMILES string of the molecule is Cc1ccc(C)c2c1C(=O)C(=O)N2Cc1c(C)noc1C. The van der Waals surface area contributed by atoms with Crippen molar-refractivity contribution in [3.8, 4) is 0 Å². The number of aryl methyl sites for hydroxylation is 4. The number of hydrogen-bond donors (Lipinski definition) is 0. The summed E-state index contributed by atoms with van der Waals surface area (Å²) in [6, 6.07) is 3.80. The fraction of sp³-hybridized carbons (Fsp3) is 0.312. The number of fused-ring (bicyclic) bond motifs is 1. The first-order valence-corrected chi connectivity index (χ1v) is 6.80. The normalized spacial score (nSPS) is 14.0. The maximum absolute atomic E-state index is 12.3. The van der Waals surface area contributed by atoms with E-state index >= 15 is 0 Å². The molecule has 1 aromatic heterocycles. The van der Waals surface area contributed by atoms with Crippen LogP contribution in [0.25, 0.3) is 0 Å². The van der Waals surface area contributed by atoms with Gasteiger partial charge >= 0.3 is 0 Å². The van der Waals surface area contributed by atoms with Crippen LogP contribution >= 0.6 is 0 Å². The number of amides is 1. The highest BCUT2D eigenvalue weighted by atomic mass is 16.5. The summed E-state index contributed by atoms with van der Waals surface area (Å²) in [6.07, 6.45) is 0. The van der Waals surface area contributed by atoms with Crippen LogP contribution in [0.15, 0.2) is 16.7 Å². The van der Waals surface area contributed by atoms with Crippen LogP contribution in [0.2, 0.25) is 0 Å². The number of benzene rings is 1. The van der Waals surface area contributed by atoms with Crippen molar-refractivity contribution in [3.63, 3.8) is 0 Å². The fourth-order valence-corrected chi connectivity index (χ4v) is 2.80. The second kappa shape index (κ2) is 4.55. The van der Waals surface area contributed by atoms with Crippen molar-refractivity contribution >= 4 is 17.4 Å². The van der Waals surface area contributed by atoms with E-state index in [0.717, 1.165) is 22.4 Å². The molecule has 0 unspecified atom stereocenters. The fourth-order valence-electron chi connectivity index (χ4n) is 2.80. The molecule has 108 valence electrons. The van der Waals surface area contributed by atoms with E-state index < -0.39 is 11.7 Å². The monoisotopic (exact) mass is 284 g/mol. The first-order valence-electron chi connectivity index (χ1n) is 6.80. The summed E-state index contributed by atoms with van der Waals surface area (Å²) in [6.45, 7) is 7.70. The molecule has 1 aromatic carbocycles. The van der Waals surface area contributed by atoms with E-state index in [4.69, 9.17) is 4.52 Å². The zero-order valence-electron chi connectivity index (χ0n) is 12.5. The summed E-state index contributed by atoms with van der Waals surface area (Å²) in [7, 11) is 0. The summed E-state index contributed by atoms with van der Waals surface area (Å²) in [5.41, 5.74) is 4.57. The number of carbonyl (C=O) groups is 2. The van der Waals surface area contributed by atoms with Crippen LogP contribution < -0.4 is 4.90 Å². The molecule has 1 amide bonds. The Hall–Kier alpha value is -2.43. The third-order valence-electron chi connectivity index (χ3n) is 4.02. The number of hydrogen-bond acceptors (Lipinski definition) is 4. The Balaban J connectivity index is 2.12. The van der Waals surface area contributed by atoms with Gasteiger partial charge in [0.15, 0.2) is 0 Å². The van der Waals surface area contributed by atoms with Gasteiger partial charge in [-0.05, 0) is 38.8 Å². The van der Waals surface area contributed by atoms with E-state index in [1.165, 1.54) is 4.90 Å². The van der Waals surface area contributed by atoms with Crippen LogP contribution in [-0.4, -0.2) is 16.8 Å². The lowest BCUT2D eigenvalue weighted by atomic mass is 10.0. The molecule has 1 aliphatic heterocycles. The van der Waals surface area contributed by atoms with E-state index in [1.807, 2.05) is 39.8 Å². The maximum Gasteiger partial charge on any atom is 0.299 e. The van der Waals surface area contributed by atoms with Crippen LogP contribution in [-0.2, 0) is 11.3 Å². The molecule has 0 atom stereocenters. The lowest BCUT2D eigenvalue weighted by Crippen LogP contribution is -2.29.